The molecule has 0 amide bonds. The van der Waals surface area contributed by atoms with Crippen molar-refractivity contribution in [1.82, 2.24) is 0 Å². The van der Waals surface area contributed by atoms with Gasteiger partial charge in [-0.1, -0.05) is 62.4 Å². The molecule has 146 valence electrons. The van der Waals surface area contributed by atoms with Crippen molar-refractivity contribution in [2.24, 2.45) is 0 Å². The number of ether oxygens (including phenoxy) is 1. The first kappa shape index (κ1) is 20.3. The van der Waals surface area contributed by atoms with Crippen molar-refractivity contribution in [2.45, 2.75) is 26.7 Å². The minimum absolute atomic E-state index is 0.102. The molecule has 0 aliphatic carbocycles. The molecule has 3 nitrogen and oxygen atoms in total. The van der Waals surface area contributed by atoms with E-state index in [1.54, 1.807) is 48.6 Å². The van der Waals surface area contributed by atoms with Crippen molar-refractivity contribution >= 4 is 17.8 Å². The molecule has 3 aromatic rings. The highest BCUT2D eigenvalue weighted by Gasteiger charge is 2.11. The molecule has 29 heavy (non-hydrogen) atoms. The second kappa shape index (κ2) is 9.16. The lowest BCUT2D eigenvalue weighted by Gasteiger charge is -2.07. The summed E-state index contributed by atoms with van der Waals surface area (Å²) in [5.41, 5.74) is 4.17. The number of ketones is 1. The maximum atomic E-state index is 12.4. The Hall–Kier alpha value is -3.46. The Balaban J connectivity index is 1.64. The van der Waals surface area contributed by atoms with Gasteiger partial charge in [-0.2, -0.15) is 0 Å². The van der Waals surface area contributed by atoms with Crippen LogP contribution in [0.2, 0.25) is 0 Å². The zero-order valence-electron chi connectivity index (χ0n) is 16.9. The molecule has 3 aromatic carbocycles. The summed E-state index contributed by atoms with van der Waals surface area (Å²) in [6.07, 6.45) is 3.36. The lowest BCUT2D eigenvalue weighted by molar-refractivity contribution is 0.0734. The van der Waals surface area contributed by atoms with Crippen molar-refractivity contribution in [3.05, 3.63) is 107 Å². The number of benzene rings is 3. The Labute approximate surface area is 171 Å². The van der Waals surface area contributed by atoms with Crippen LogP contribution in [0.3, 0.4) is 0 Å². The van der Waals surface area contributed by atoms with Crippen molar-refractivity contribution in [3.63, 3.8) is 0 Å². The van der Waals surface area contributed by atoms with E-state index in [0.717, 1.165) is 11.1 Å². The molecule has 0 bridgehead atoms. The van der Waals surface area contributed by atoms with Gasteiger partial charge >= 0.3 is 5.97 Å². The Morgan fingerprint density at radius 2 is 1.52 bits per heavy atom. The van der Waals surface area contributed by atoms with E-state index in [0.29, 0.717) is 22.8 Å². The zero-order valence-corrected chi connectivity index (χ0v) is 16.9. The predicted molar refractivity (Wildman–Crippen MR) is 116 cm³/mol. The van der Waals surface area contributed by atoms with Crippen LogP contribution in [0.1, 0.15) is 57.2 Å². The number of rotatable bonds is 6. The molecule has 0 fully saturated rings. The van der Waals surface area contributed by atoms with Crippen LogP contribution in [0, 0.1) is 6.92 Å². The molecule has 3 rings (SSSR count). The summed E-state index contributed by atoms with van der Waals surface area (Å²) in [6, 6.07) is 22.0. The summed E-state index contributed by atoms with van der Waals surface area (Å²) < 4.78 is 5.41. The van der Waals surface area contributed by atoms with Gasteiger partial charge in [-0.05, 0) is 65.9 Å². The highest BCUT2D eigenvalue weighted by Crippen LogP contribution is 2.18. The first-order valence-corrected chi connectivity index (χ1v) is 9.64. The minimum atomic E-state index is -0.410. The molecule has 0 unspecified atom stereocenters. The molecule has 0 atom stereocenters. The highest BCUT2D eigenvalue weighted by atomic mass is 16.5. The van der Waals surface area contributed by atoms with Crippen LogP contribution >= 0.6 is 0 Å². The topological polar surface area (TPSA) is 43.4 Å². The van der Waals surface area contributed by atoms with Gasteiger partial charge in [-0.25, -0.2) is 4.79 Å². The number of carbonyl (C=O) groups is 2. The lowest BCUT2D eigenvalue weighted by Crippen LogP contribution is -2.10. The molecule has 0 aliphatic rings. The van der Waals surface area contributed by atoms with E-state index in [-0.39, 0.29) is 5.78 Å². The van der Waals surface area contributed by atoms with E-state index < -0.39 is 5.97 Å². The van der Waals surface area contributed by atoms with E-state index in [4.69, 9.17) is 4.74 Å². The normalized spacial score (nSPS) is 11.0. The molecule has 0 radical (unpaired) electrons. The Morgan fingerprint density at radius 3 is 2.14 bits per heavy atom. The third-order valence-electron chi connectivity index (χ3n) is 4.74. The van der Waals surface area contributed by atoms with E-state index in [2.05, 4.69) is 26.0 Å². The lowest BCUT2D eigenvalue weighted by atomic mass is 10.0. The molecule has 0 aliphatic heterocycles. The van der Waals surface area contributed by atoms with E-state index >= 15 is 0 Å². The largest absolute Gasteiger partial charge is 0.423 e. The van der Waals surface area contributed by atoms with E-state index in [1.165, 1.54) is 5.56 Å². The maximum Gasteiger partial charge on any atom is 0.343 e. The fourth-order valence-electron chi connectivity index (χ4n) is 2.91. The van der Waals surface area contributed by atoms with Crippen LogP contribution in [0.25, 0.3) is 6.08 Å². The van der Waals surface area contributed by atoms with Gasteiger partial charge in [0.25, 0.3) is 0 Å². The number of aryl methyl sites for hydroxylation is 1. The molecule has 0 saturated heterocycles. The summed E-state index contributed by atoms with van der Waals surface area (Å²) in [6.45, 7) is 6.16. The average molecular weight is 384 g/mol. The Morgan fingerprint density at radius 1 is 0.862 bits per heavy atom. The summed E-state index contributed by atoms with van der Waals surface area (Å²) >= 11 is 0. The van der Waals surface area contributed by atoms with E-state index in [9.17, 15) is 9.59 Å². The smallest absolute Gasteiger partial charge is 0.343 e. The fourth-order valence-corrected chi connectivity index (χ4v) is 2.91. The number of carbonyl (C=O) groups excluding carboxylic acids is 2. The molecule has 3 heteroatoms. The van der Waals surface area contributed by atoms with Gasteiger partial charge in [0.15, 0.2) is 5.78 Å². The predicted octanol–water partition coefficient (Wildman–Crippen LogP) is 6.23. The maximum absolute atomic E-state index is 12.4. The van der Waals surface area contributed by atoms with Crippen LogP contribution < -0.4 is 4.74 Å². The number of allylic oxidation sites excluding steroid dienone is 1. The summed E-state index contributed by atoms with van der Waals surface area (Å²) in [5, 5.41) is 0. The number of hydrogen-bond acceptors (Lipinski definition) is 3. The zero-order chi connectivity index (χ0) is 20.8. The number of esters is 1. The summed E-state index contributed by atoms with van der Waals surface area (Å²) in [7, 11) is 0. The molecular formula is C26H24O3. The van der Waals surface area contributed by atoms with Gasteiger partial charge in [0.1, 0.15) is 5.75 Å². The van der Waals surface area contributed by atoms with Gasteiger partial charge in [0, 0.05) is 5.56 Å². The summed E-state index contributed by atoms with van der Waals surface area (Å²) in [5.74, 6) is 0.373. The molecular weight excluding hydrogens is 360 g/mol. The van der Waals surface area contributed by atoms with Crippen molar-refractivity contribution < 1.29 is 14.3 Å². The number of hydrogen-bond donors (Lipinski definition) is 0. The first-order valence-electron chi connectivity index (χ1n) is 9.64. The van der Waals surface area contributed by atoms with Crippen molar-refractivity contribution in [2.75, 3.05) is 0 Å². The minimum Gasteiger partial charge on any atom is -0.423 e. The van der Waals surface area contributed by atoms with Gasteiger partial charge in [-0.3, -0.25) is 4.79 Å². The highest BCUT2D eigenvalue weighted by molar-refractivity contribution is 6.06. The van der Waals surface area contributed by atoms with Gasteiger partial charge in [0.05, 0.1) is 5.56 Å². The Kier molecular flexibility index (Phi) is 6.40. The third-order valence-corrected chi connectivity index (χ3v) is 4.74. The SMILES string of the molecule is Cc1ccccc1C(=O)Oc1ccc(C(=O)/C=C/c2ccc(C(C)C)cc2)cc1. The van der Waals surface area contributed by atoms with E-state index in [1.807, 2.05) is 31.2 Å². The molecule has 0 N–H and O–H groups in total. The molecule has 0 spiro atoms. The second-order valence-corrected chi connectivity index (χ2v) is 7.25. The molecule has 0 aromatic heterocycles. The molecule has 0 heterocycles. The average Bonchev–Trinajstić information content (AvgIpc) is 2.73. The van der Waals surface area contributed by atoms with Gasteiger partial charge in [0.2, 0.25) is 0 Å². The monoisotopic (exact) mass is 384 g/mol. The third kappa shape index (κ3) is 5.29. The molecule has 0 saturated carbocycles. The second-order valence-electron chi connectivity index (χ2n) is 7.25. The van der Waals surface area contributed by atoms with Crippen molar-refractivity contribution in [1.29, 1.82) is 0 Å². The van der Waals surface area contributed by atoms with Gasteiger partial charge < -0.3 is 4.74 Å². The first-order chi connectivity index (χ1) is 13.9. The van der Waals surface area contributed by atoms with Crippen molar-refractivity contribution in [3.8, 4) is 5.75 Å². The fraction of sp³-hybridized carbons (Fsp3) is 0.154. The van der Waals surface area contributed by atoms with Gasteiger partial charge in [-0.15, -0.1) is 0 Å². The van der Waals surface area contributed by atoms with Crippen LogP contribution in [-0.2, 0) is 0 Å². The van der Waals surface area contributed by atoms with Crippen LogP contribution in [0.15, 0.2) is 78.9 Å². The standard InChI is InChI=1S/C26H24O3/c1-18(2)21-11-8-20(9-12-21)10-17-25(27)22-13-15-23(16-14-22)29-26(28)24-7-5-4-6-19(24)3/h4-18H,1-3H3/b17-10+. The van der Waals surface area contributed by atoms with Crippen LogP contribution in [-0.4, -0.2) is 11.8 Å². The Bertz CT molecular complexity index is 1030. The van der Waals surface area contributed by atoms with Crippen LogP contribution in [0.5, 0.6) is 5.75 Å². The van der Waals surface area contributed by atoms with Crippen LogP contribution in [0.4, 0.5) is 0 Å². The summed E-state index contributed by atoms with van der Waals surface area (Å²) in [4.78, 5) is 24.7. The quantitative estimate of drug-likeness (QED) is 0.219.